The monoisotopic (exact) mass is 378 g/mol. The third-order valence-electron chi connectivity index (χ3n) is 3.78. The third kappa shape index (κ3) is 3.01. The lowest BCUT2D eigenvalue weighted by molar-refractivity contribution is 0.373. The molecule has 0 saturated heterocycles. The van der Waals surface area contributed by atoms with E-state index in [0.717, 1.165) is 5.56 Å². The van der Waals surface area contributed by atoms with Gasteiger partial charge in [-0.15, -0.1) is 0 Å². The molecule has 0 unspecified atom stereocenters. The van der Waals surface area contributed by atoms with Gasteiger partial charge in [-0.2, -0.15) is 0 Å². The average molecular weight is 378 g/mol. The first-order chi connectivity index (χ1) is 12.4. The number of nitrogens with one attached hydrogen (secondary N) is 1. The van der Waals surface area contributed by atoms with Crippen molar-refractivity contribution in [2.45, 2.75) is 11.8 Å². The van der Waals surface area contributed by atoms with Gasteiger partial charge in [0.25, 0.3) is 10.0 Å². The van der Waals surface area contributed by atoms with Gasteiger partial charge < -0.3 is 18.7 Å². The fraction of sp³-hybridized carbons (Fsp3) is 0.235. The molecule has 0 atom stereocenters. The molecule has 0 aliphatic carbocycles. The van der Waals surface area contributed by atoms with Crippen molar-refractivity contribution in [1.82, 2.24) is 5.16 Å². The Morgan fingerprint density at radius 2 is 1.62 bits per heavy atom. The Morgan fingerprint density at radius 3 is 2.19 bits per heavy atom. The zero-order valence-corrected chi connectivity index (χ0v) is 15.5. The lowest BCUT2D eigenvalue weighted by atomic mass is 10.1. The zero-order valence-electron chi connectivity index (χ0n) is 14.7. The molecule has 1 N–H and O–H groups in total. The number of rotatable bonds is 6. The molecule has 0 aliphatic heterocycles. The second-order valence-electron chi connectivity index (χ2n) is 5.47. The molecule has 0 amide bonds. The number of aromatic nitrogens is 1. The third-order valence-corrected chi connectivity index (χ3v) is 5.19. The van der Waals surface area contributed by atoms with Crippen LogP contribution in [0.15, 0.2) is 39.8 Å². The van der Waals surface area contributed by atoms with Gasteiger partial charge >= 0.3 is 0 Å². The molecule has 0 saturated carbocycles. The molecule has 2 aromatic carbocycles. The summed E-state index contributed by atoms with van der Waals surface area (Å²) in [6.07, 6.45) is 0. The molecule has 1 heterocycles. The summed E-state index contributed by atoms with van der Waals surface area (Å²) in [5.74, 6) is 0.760. The maximum atomic E-state index is 13.0. The molecular weight excluding hydrogens is 360 g/mol. The van der Waals surface area contributed by atoms with Crippen molar-refractivity contribution in [3.8, 4) is 17.2 Å². The summed E-state index contributed by atoms with van der Waals surface area (Å²) in [5, 5.41) is 4.27. The molecular formula is C17H18N2O6S. The largest absolute Gasteiger partial charge is 0.496 e. The van der Waals surface area contributed by atoms with E-state index in [9.17, 15) is 8.42 Å². The number of benzene rings is 2. The highest BCUT2D eigenvalue weighted by atomic mass is 32.2. The molecule has 0 aliphatic rings. The number of methoxy groups -OCH3 is 3. The summed E-state index contributed by atoms with van der Waals surface area (Å²) < 4.78 is 49.3. The van der Waals surface area contributed by atoms with E-state index in [-0.39, 0.29) is 22.2 Å². The van der Waals surface area contributed by atoms with Crippen LogP contribution >= 0.6 is 0 Å². The number of ether oxygens (including phenoxy) is 3. The number of anilines is 1. The van der Waals surface area contributed by atoms with Gasteiger partial charge in [-0.25, -0.2) is 8.42 Å². The summed E-state index contributed by atoms with van der Waals surface area (Å²) in [5.41, 5.74) is 1.30. The maximum absolute atomic E-state index is 13.0. The van der Waals surface area contributed by atoms with Crippen LogP contribution in [0.5, 0.6) is 17.2 Å². The Hall–Kier alpha value is -2.94. The first kappa shape index (κ1) is 17.9. The van der Waals surface area contributed by atoms with Gasteiger partial charge in [-0.1, -0.05) is 11.2 Å². The number of sulfonamides is 1. The molecule has 1 aromatic heterocycles. The summed E-state index contributed by atoms with van der Waals surface area (Å²) in [6.45, 7) is 1.87. The predicted molar refractivity (Wildman–Crippen MR) is 95.7 cm³/mol. The molecule has 0 fully saturated rings. The van der Waals surface area contributed by atoms with Crippen molar-refractivity contribution in [2.75, 3.05) is 26.1 Å². The number of hydrogen-bond acceptors (Lipinski definition) is 7. The van der Waals surface area contributed by atoms with Crippen LogP contribution in [-0.4, -0.2) is 34.9 Å². The first-order valence-electron chi connectivity index (χ1n) is 7.59. The van der Waals surface area contributed by atoms with Crippen LogP contribution in [0.1, 0.15) is 5.56 Å². The minimum atomic E-state index is -4.07. The van der Waals surface area contributed by atoms with Gasteiger partial charge in [-0.3, -0.25) is 4.72 Å². The van der Waals surface area contributed by atoms with Crippen LogP contribution in [0, 0.1) is 6.92 Å². The lowest BCUT2D eigenvalue weighted by Gasteiger charge is -2.14. The Bertz CT molecular complexity index is 1040. The van der Waals surface area contributed by atoms with E-state index >= 15 is 0 Å². The van der Waals surface area contributed by atoms with Gasteiger partial charge in [0, 0.05) is 0 Å². The molecule has 26 heavy (non-hydrogen) atoms. The van der Waals surface area contributed by atoms with Gasteiger partial charge in [0.15, 0.2) is 16.3 Å². The quantitative estimate of drug-likeness (QED) is 0.704. The van der Waals surface area contributed by atoms with Crippen LogP contribution in [0.4, 0.5) is 5.82 Å². The molecule has 138 valence electrons. The van der Waals surface area contributed by atoms with E-state index in [0.29, 0.717) is 16.7 Å². The fourth-order valence-electron chi connectivity index (χ4n) is 2.66. The highest BCUT2D eigenvalue weighted by molar-refractivity contribution is 7.93. The number of nitrogens with zero attached hydrogens (tertiary/aromatic N) is 1. The number of fused-ring (bicyclic) bond motifs is 1. The van der Waals surface area contributed by atoms with Crippen molar-refractivity contribution in [3.05, 3.63) is 35.9 Å². The van der Waals surface area contributed by atoms with Crippen LogP contribution in [0.25, 0.3) is 11.0 Å². The zero-order chi connectivity index (χ0) is 18.9. The standard InChI is InChI=1S/C17H18N2O6S/c1-10-8-13(24-4)15-14(9-10)25-18-17(15)19-26(20,21)16-11(22-2)6-5-7-12(16)23-3/h5-9H,1-4H3,(H,18,19). The summed E-state index contributed by atoms with van der Waals surface area (Å²) in [7, 11) is 0.176. The molecule has 8 nitrogen and oxygen atoms in total. The first-order valence-corrected chi connectivity index (χ1v) is 9.07. The van der Waals surface area contributed by atoms with E-state index in [4.69, 9.17) is 18.7 Å². The molecule has 0 radical (unpaired) electrons. The van der Waals surface area contributed by atoms with E-state index in [1.807, 2.05) is 6.92 Å². The van der Waals surface area contributed by atoms with Crippen LogP contribution in [-0.2, 0) is 10.0 Å². The molecule has 9 heteroatoms. The number of aryl methyl sites for hydroxylation is 1. The molecule has 0 spiro atoms. The lowest BCUT2D eigenvalue weighted by Crippen LogP contribution is -2.15. The van der Waals surface area contributed by atoms with Crippen molar-refractivity contribution in [1.29, 1.82) is 0 Å². The predicted octanol–water partition coefficient (Wildman–Crippen LogP) is 2.96. The maximum Gasteiger partial charge on any atom is 0.270 e. The summed E-state index contributed by atoms with van der Waals surface area (Å²) >= 11 is 0. The Balaban J connectivity index is 2.14. The van der Waals surface area contributed by atoms with Crippen molar-refractivity contribution in [3.63, 3.8) is 0 Å². The SMILES string of the molecule is COc1cccc(OC)c1S(=O)(=O)Nc1noc2cc(C)cc(OC)c12. The highest BCUT2D eigenvalue weighted by Gasteiger charge is 2.27. The summed E-state index contributed by atoms with van der Waals surface area (Å²) in [6, 6.07) is 8.20. The Kier molecular flexibility index (Phi) is 4.64. The smallest absolute Gasteiger partial charge is 0.270 e. The molecule has 3 rings (SSSR count). The number of hydrogen-bond donors (Lipinski definition) is 1. The van der Waals surface area contributed by atoms with Crippen molar-refractivity contribution >= 4 is 26.8 Å². The van der Waals surface area contributed by atoms with Gasteiger partial charge in [0.2, 0.25) is 0 Å². The second-order valence-corrected chi connectivity index (χ2v) is 7.09. The van der Waals surface area contributed by atoms with E-state index in [2.05, 4.69) is 9.88 Å². The van der Waals surface area contributed by atoms with Crippen molar-refractivity contribution in [2.24, 2.45) is 0 Å². The fourth-order valence-corrected chi connectivity index (χ4v) is 3.99. The van der Waals surface area contributed by atoms with Gasteiger partial charge in [0.05, 0.1) is 21.3 Å². The second kappa shape index (κ2) is 6.75. The van der Waals surface area contributed by atoms with E-state index in [1.54, 1.807) is 18.2 Å². The van der Waals surface area contributed by atoms with Gasteiger partial charge in [-0.05, 0) is 36.8 Å². The average Bonchev–Trinajstić information content (AvgIpc) is 3.01. The van der Waals surface area contributed by atoms with Crippen LogP contribution < -0.4 is 18.9 Å². The topological polar surface area (TPSA) is 99.9 Å². The van der Waals surface area contributed by atoms with Crippen LogP contribution in [0.2, 0.25) is 0 Å². The molecule has 3 aromatic rings. The van der Waals surface area contributed by atoms with Gasteiger partial charge in [0.1, 0.15) is 22.6 Å². The van der Waals surface area contributed by atoms with Crippen molar-refractivity contribution < 1.29 is 27.2 Å². The Labute approximate surface area is 150 Å². The normalized spacial score (nSPS) is 11.4. The highest BCUT2D eigenvalue weighted by Crippen LogP contribution is 2.37. The van der Waals surface area contributed by atoms with Crippen LogP contribution in [0.3, 0.4) is 0 Å². The van der Waals surface area contributed by atoms with E-state index < -0.39 is 10.0 Å². The minimum Gasteiger partial charge on any atom is -0.496 e. The summed E-state index contributed by atoms with van der Waals surface area (Å²) in [4.78, 5) is -0.132. The Morgan fingerprint density at radius 1 is 1.00 bits per heavy atom. The van der Waals surface area contributed by atoms with E-state index in [1.165, 1.54) is 33.5 Å². The minimum absolute atomic E-state index is 0.0183. The molecule has 0 bridgehead atoms.